The average Bonchev–Trinajstić information content (AvgIpc) is 2.72. The highest BCUT2D eigenvalue weighted by molar-refractivity contribution is 7.89. The van der Waals surface area contributed by atoms with Gasteiger partial charge in [0.15, 0.2) is 0 Å². The van der Waals surface area contributed by atoms with Crippen LogP contribution in [-0.2, 0) is 21.9 Å². The van der Waals surface area contributed by atoms with E-state index in [2.05, 4.69) is 36.9 Å². The molecule has 2 fully saturated rings. The number of aromatic hydroxyl groups is 1. The second-order valence-electron chi connectivity index (χ2n) is 10.7. The number of phenols is 1. The van der Waals surface area contributed by atoms with Gasteiger partial charge in [0.1, 0.15) is 5.75 Å². The predicted molar refractivity (Wildman–Crippen MR) is 125 cm³/mol. The van der Waals surface area contributed by atoms with Gasteiger partial charge in [-0.2, -0.15) is 0 Å². The number of rotatable bonds is 5. The number of hydrogen-bond acceptors (Lipinski definition) is 5. The van der Waals surface area contributed by atoms with Gasteiger partial charge in [0.2, 0.25) is 10.0 Å². The standard InChI is InChI=1S/C24H39N3O3S/c1-18(2)31(29,30)27-11-8-19(9-12-27)16-26(5)24-15-20-6-7-21(28)14-22(20)23(3,17-24)10-13-25(24)4/h6-7,14,18-19,28H,8-13,15-17H2,1-5H3. The first-order chi connectivity index (χ1) is 14.5. The molecule has 2 heterocycles. The van der Waals surface area contributed by atoms with Gasteiger partial charge in [-0.1, -0.05) is 13.0 Å². The summed E-state index contributed by atoms with van der Waals surface area (Å²) in [7, 11) is 1.35. The van der Waals surface area contributed by atoms with E-state index in [-0.39, 0.29) is 16.3 Å². The van der Waals surface area contributed by atoms with Crippen LogP contribution in [0.25, 0.3) is 0 Å². The molecule has 7 heteroatoms. The van der Waals surface area contributed by atoms with Gasteiger partial charge >= 0.3 is 0 Å². The average molecular weight is 450 g/mol. The third kappa shape index (κ3) is 3.92. The zero-order chi connectivity index (χ0) is 22.6. The van der Waals surface area contributed by atoms with Crippen LogP contribution in [0.3, 0.4) is 0 Å². The topological polar surface area (TPSA) is 64.1 Å². The van der Waals surface area contributed by atoms with Crippen LogP contribution in [0.1, 0.15) is 57.6 Å². The van der Waals surface area contributed by atoms with E-state index >= 15 is 0 Å². The molecule has 0 amide bonds. The maximum Gasteiger partial charge on any atom is 0.216 e. The van der Waals surface area contributed by atoms with Gasteiger partial charge in [-0.3, -0.25) is 9.80 Å². The van der Waals surface area contributed by atoms with Crippen LogP contribution in [0.15, 0.2) is 18.2 Å². The van der Waals surface area contributed by atoms with Crippen LogP contribution >= 0.6 is 0 Å². The van der Waals surface area contributed by atoms with Crippen molar-refractivity contribution in [3.63, 3.8) is 0 Å². The van der Waals surface area contributed by atoms with Crippen LogP contribution in [0, 0.1) is 5.92 Å². The monoisotopic (exact) mass is 449 g/mol. The van der Waals surface area contributed by atoms with Gasteiger partial charge in [-0.25, -0.2) is 12.7 Å². The molecule has 2 aliphatic heterocycles. The second kappa shape index (κ2) is 8.01. The molecule has 0 radical (unpaired) electrons. The Morgan fingerprint density at radius 2 is 1.90 bits per heavy atom. The number of likely N-dealkylation sites (tertiary alicyclic amines) is 1. The number of benzene rings is 1. The number of sulfonamides is 1. The van der Waals surface area contributed by atoms with Crippen molar-refractivity contribution in [3.05, 3.63) is 29.3 Å². The fourth-order valence-electron chi connectivity index (χ4n) is 6.25. The molecule has 0 spiro atoms. The highest BCUT2D eigenvalue weighted by Gasteiger charge is 2.53. The number of phenolic OH excluding ortho intramolecular Hbond substituents is 1. The summed E-state index contributed by atoms with van der Waals surface area (Å²) in [6.45, 7) is 9.21. The van der Waals surface area contributed by atoms with Crippen LogP contribution in [0.4, 0.5) is 0 Å². The first kappa shape index (κ1) is 23.0. The van der Waals surface area contributed by atoms with Gasteiger partial charge in [-0.15, -0.1) is 0 Å². The Hall–Kier alpha value is -1.15. The Bertz CT molecular complexity index is 926. The Kier molecular flexibility index (Phi) is 5.95. The van der Waals surface area contributed by atoms with E-state index in [1.807, 2.05) is 12.1 Å². The lowest BCUT2D eigenvalue weighted by Gasteiger charge is -2.60. The quantitative estimate of drug-likeness (QED) is 0.749. The largest absolute Gasteiger partial charge is 0.508 e. The first-order valence-electron chi connectivity index (χ1n) is 11.7. The summed E-state index contributed by atoms with van der Waals surface area (Å²) in [5, 5.41) is 9.74. The molecule has 174 valence electrons. The van der Waals surface area contributed by atoms with Crippen LogP contribution < -0.4 is 0 Å². The van der Waals surface area contributed by atoms with Crippen molar-refractivity contribution in [2.75, 3.05) is 40.3 Å². The maximum absolute atomic E-state index is 12.5. The molecule has 1 aromatic rings. The number of nitrogens with zero attached hydrogens (tertiary/aromatic N) is 3. The molecular formula is C24H39N3O3S. The molecule has 0 aromatic heterocycles. The molecule has 2 saturated heterocycles. The molecule has 1 aliphatic carbocycles. The van der Waals surface area contributed by atoms with Crippen molar-refractivity contribution in [1.82, 2.24) is 14.1 Å². The van der Waals surface area contributed by atoms with Crippen LogP contribution in [0.5, 0.6) is 5.75 Å². The van der Waals surface area contributed by atoms with E-state index < -0.39 is 10.0 Å². The zero-order valence-electron chi connectivity index (χ0n) is 19.8. The van der Waals surface area contributed by atoms with E-state index in [1.54, 1.807) is 18.2 Å². The minimum absolute atomic E-state index is 0.0296. The number of hydrogen-bond donors (Lipinski definition) is 1. The van der Waals surface area contributed by atoms with E-state index in [9.17, 15) is 13.5 Å². The molecule has 4 rings (SSSR count). The zero-order valence-corrected chi connectivity index (χ0v) is 20.6. The highest BCUT2D eigenvalue weighted by Crippen LogP contribution is 2.51. The van der Waals surface area contributed by atoms with E-state index in [1.165, 1.54) is 11.1 Å². The van der Waals surface area contributed by atoms with E-state index in [0.717, 1.165) is 45.2 Å². The SMILES string of the molecule is CC(C)S(=O)(=O)N1CCC(CN(C)C23Cc4ccc(O)cc4C(C)(CCN2C)C3)CC1. The van der Waals surface area contributed by atoms with E-state index in [0.29, 0.717) is 24.8 Å². The summed E-state index contributed by atoms with van der Waals surface area (Å²) in [4.78, 5) is 5.08. The van der Waals surface area contributed by atoms with Gasteiger partial charge in [0.25, 0.3) is 0 Å². The van der Waals surface area contributed by atoms with Gasteiger partial charge < -0.3 is 5.11 Å². The third-order valence-corrected chi connectivity index (χ3v) is 10.6. The smallest absolute Gasteiger partial charge is 0.216 e. The molecule has 1 N–H and O–H groups in total. The molecule has 3 aliphatic rings. The van der Waals surface area contributed by atoms with E-state index in [4.69, 9.17) is 0 Å². The lowest BCUT2D eigenvalue weighted by Crippen LogP contribution is -2.68. The number of likely N-dealkylation sites (N-methyl/N-ethyl adjacent to an activating group) is 2. The molecule has 2 unspecified atom stereocenters. The lowest BCUT2D eigenvalue weighted by molar-refractivity contribution is -0.0951. The summed E-state index contributed by atoms with van der Waals surface area (Å²) in [6.07, 6.45) is 4.98. The third-order valence-electron chi connectivity index (χ3n) is 8.37. The van der Waals surface area contributed by atoms with Crippen molar-refractivity contribution in [2.24, 2.45) is 5.92 Å². The summed E-state index contributed by atoms with van der Waals surface area (Å²) in [6, 6.07) is 5.91. The Morgan fingerprint density at radius 3 is 2.55 bits per heavy atom. The molecule has 0 saturated carbocycles. The second-order valence-corrected chi connectivity index (χ2v) is 13.2. The van der Waals surface area contributed by atoms with Gasteiger partial charge in [-0.05, 0) is 88.2 Å². The summed E-state index contributed by atoms with van der Waals surface area (Å²) in [5.41, 5.74) is 2.71. The highest BCUT2D eigenvalue weighted by atomic mass is 32.2. The Balaban J connectivity index is 1.51. The lowest BCUT2D eigenvalue weighted by atomic mass is 9.62. The Morgan fingerprint density at radius 1 is 1.23 bits per heavy atom. The molecule has 2 atom stereocenters. The Labute approximate surface area is 188 Å². The maximum atomic E-state index is 12.5. The van der Waals surface area contributed by atoms with Crippen molar-refractivity contribution in [1.29, 1.82) is 0 Å². The minimum Gasteiger partial charge on any atom is -0.508 e. The minimum atomic E-state index is -3.15. The van der Waals surface area contributed by atoms with Crippen molar-refractivity contribution in [3.8, 4) is 5.75 Å². The molecule has 6 nitrogen and oxygen atoms in total. The fourth-order valence-corrected chi connectivity index (χ4v) is 7.56. The van der Waals surface area contributed by atoms with Gasteiger partial charge in [0, 0.05) is 32.6 Å². The predicted octanol–water partition coefficient (Wildman–Crippen LogP) is 3.01. The number of piperidine rings is 2. The fraction of sp³-hybridized carbons (Fsp3) is 0.750. The van der Waals surface area contributed by atoms with Crippen molar-refractivity contribution in [2.45, 2.75) is 69.2 Å². The van der Waals surface area contributed by atoms with Crippen molar-refractivity contribution >= 4 is 10.0 Å². The first-order valence-corrected chi connectivity index (χ1v) is 13.2. The normalized spacial score (nSPS) is 30.7. The molecule has 1 aromatic carbocycles. The summed E-state index contributed by atoms with van der Waals surface area (Å²) >= 11 is 0. The van der Waals surface area contributed by atoms with Gasteiger partial charge in [0.05, 0.1) is 10.9 Å². The molecule has 2 bridgehead atoms. The molecular weight excluding hydrogens is 410 g/mol. The number of fused-ring (bicyclic) bond motifs is 4. The van der Waals surface area contributed by atoms with Crippen LogP contribution in [0.2, 0.25) is 0 Å². The summed E-state index contributed by atoms with van der Waals surface area (Å²) < 4.78 is 26.7. The molecule has 31 heavy (non-hydrogen) atoms. The van der Waals surface area contributed by atoms with Crippen LogP contribution in [-0.4, -0.2) is 78.8 Å². The van der Waals surface area contributed by atoms with Crippen molar-refractivity contribution < 1.29 is 13.5 Å². The summed E-state index contributed by atoms with van der Waals surface area (Å²) in [5.74, 6) is 0.878.